The molecule has 0 unspecified atom stereocenters. The first-order valence-corrected chi connectivity index (χ1v) is 7.88. The van der Waals surface area contributed by atoms with Gasteiger partial charge in [0.05, 0.1) is 7.11 Å². The Morgan fingerprint density at radius 1 is 1.44 bits per heavy atom. The van der Waals surface area contributed by atoms with Crippen LogP contribution in [0.4, 0.5) is 0 Å². The van der Waals surface area contributed by atoms with Crippen molar-refractivity contribution in [1.29, 1.82) is 0 Å². The van der Waals surface area contributed by atoms with Gasteiger partial charge >= 0.3 is 0 Å². The van der Waals surface area contributed by atoms with Crippen molar-refractivity contribution in [2.24, 2.45) is 0 Å². The number of hydrogen-bond donors (Lipinski definition) is 1. The maximum atomic E-state index is 6.02. The van der Waals surface area contributed by atoms with E-state index < -0.39 is 0 Å². The van der Waals surface area contributed by atoms with Crippen LogP contribution < -0.4 is 10.1 Å². The number of methoxy groups -OCH3 is 1. The third-order valence-electron chi connectivity index (χ3n) is 3.70. The van der Waals surface area contributed by atoms with Crippen molar-refractivity contribution in [1.82, 2.24) is 5.32 Å². The van der Waals surface area contributed by atoms with Crippen molar-refractivity contribution in [2.75, 3.05) is 19.9 Å². The van der Waals surface area contributed by atoms with Gasteiger partial charge in [0.25, 0.3) is 0 Å². The van der Waals surface area contributed by atoms with E-state index in [9.17, 15) is 0 Å². The zero-order valence-electron chi connectivity index (χ0n) is 11.0. The van der Waals surface area contributed by atoms with E-state index in [1.807, 2.05) is 30.0 Å². The largest absolute Gasteiger partial charge is 0.496 e. The van der Waals surface area contributed by atoms with E-state index in [0.29, 0.717) is 4.75 Å². The minimum Gasteiger partial charge on any atom is -0.496 e. The first-order chi connectivity index (χ1) is 8.69. The maximum absolute atomic E-state index is 6.02. The van der Waals surface area contributed by atoms with E-state index in [1.54, 1.807) is 7.11 Å². The molecule has 18 heavy (non-hydrogen) atoms. The van der Waals surface area contributed by atoms with Crippen LogP contribution in [0.5, 0.6) is 5.75 Å². The molecule has 0 aliphatic heterocycles. The lowest BCUT2D eigenvalue weighted by atomic mass is 9.84. The fraction of sp³-hybridized carbons (Fsp3) is 0.571. The van der Waals surface area contributed by atoms with Crippen LogP contribution in [0.15, 0.2) is 18.2 Å². The van der Waals surface area contributed by atoms with Crippen molar-refractivity contribution >= 4 is 23.4 Å². The second kappa shape index (κ2) is 6.18. The maximum Gasteiger partial charge on any atom is 0.123 e. The van der Waals surface area contributed by atoms with Gasteiger partial charge in [-0.2, -0.15) is 11.8 Å². The smallest absolute Gasteiger partial charge is 0.123 e. The van der Waals surface area contributed by atoms with Crippen LogP contribution >= 0.6 is 23.4 Å². The highest BCUT2D eigenvalue weighted by Crippen LogP contribution is 2.42. The zero-order chi connectivity index (χ0) is 13.0. The van der Waals surface area contributed by atoms with Gasteiger partial charge in [0.15, 0.2) is 0 Å². The third kappa shape index (κ3) is 3.14. The standard InChI is InChI=1S/C14H20ClNOS/c1-17-13-5-4-12(15)8-11(13)9-16-10-14(18-2)6-3-7-14/h4-5,8,16H,3,6-7,9-10H2,1-2H3. The van der Waals surface area contributed by atoms with Gasteiger partial charge in [-0.15, -0.1) is 0 Å². The van der Waals surface area contributed by atoms with Gasteiger partial charge < -0.3 is 10.1 Å². The molecule has 2 nitrogen and oxygen atoms in total. The molecule has 2 rings (SSSR count). The van der Waals surface area contributed by atoms with Gasteiger partial charge in [0.2, 0.25) is 0 Å². The molecule has 0 spiro atoms. The van der Waals surface area contributed by atoms with Crippen LogP contribution in [0.3, 0.4) is 0 Å². The van der Waals surface area contributed by atoms with Gasteiger partial charge in [-0.05, 0) is 37.3 Å². The predicted molar refractivity (Wildman–Crippen MR) is 79.8 cm³/mol. The molecule has 1 aromatic rings. The molecule has 4 heteroatoms. The summed E-state index contributed by atoms with van der Waals surface area (Å²) in [7, 11) is 1.70. The molecule has 1 aliphatic rings. The number of nitrogens with one attached hydrogen (secondary N) is 1. The monoisotopic (exact) mass is 285 g/mol. The van der Waals surface area contributed by atoms with E-state index >= 15 is 0 Å². The van der Waals surface area contributed by atoms with Gasteiger partial charge in [-0.1, -0.05) is 18.0 Å². The zero-order valence-corrected chi connectivity index (χ0v) is 12.5. The predicted octanol–water partition coefficient (Wildman–Crippen LogP) is 3.72. The Kier molecular flexibility index (Phi) is 4.82. The normalized spacial score (nSPS) is 17.3. The lowest BCUT2D eigenvalue weighted by Gasteiger charge is -2.40. The van der Waals surface area contributed by atoms with Crippen LogP contribution in [0.2, 0.25) is 5.02 Å². The van der Waals surface area contributed by atoms with E-state index in [2.05, 4.69) is 11.6 Å². The van der Waals surface area contributed by atoms with E-state index in [-0.39, 0.29) is 0 Å². The van der Waals surface area contributed by atoms with Crippen molar-refractivity contribution < 1.29 is 4.74 Å². The Bertz CT molecular complexity index is 401. The molecule has 1 fully saturated rings. The summed E-state index contributed by atoms with van der Waals surface area (Å²) in [6.07, 6.45) is 6.23. The summed E-state index contributed by atoms with van der Waals surface area (Å²) in [5.41, 5.74) is 1.13. The van der Waals surface area contributed by atoms with E-state index in [1.165, 1.54) is 19.3 Å². The molecule has 0 aromatic heterocycles. The van der Waals surface area contributed by atoms with Crippen molar-refractivity contribution in [3.63, 3.8) is 0 Å². The average molecular weight is 286 g/mol. The first-order valence-electron chi connectivity index (χ1n) is 6.27. The molecule has 100 valence electrons. The molecule has 0 bridgehead atoms. The van der Waals surface area contributed by atoms with Gasteiger partial charge in [0.1, 0.15) is 5.75 Å². The summed E-state index contributed by atoms with van der Waals surface area (Å²) < 4.78 is 5.81. The summed E-state index contributed by atoms with van der Waals surface area (Å²) in [6.45, 7) is 1.87. The third-order valence-corrected chi connectivity index (χ3v) is 5.36. The van der Waals surface area contributed by atoms with Crippen LogP contribution in [0.1, 0.15) is 24.8 Å². The lowest BCUT2D eigenvalue weighted by Crippen LogP contribution is -2.43. The number of ether oxygens (including phenoxy) is 1. The van der Waals surface area contributed by atoms with Gasteiger partial charge in [-0.3, -0.25) is 0 Å². The molecule has 0 heterocycles. The van der Waals surface area contributed by atoms with Crippen molar-refractivity contribution in [2.45, 2.75) is 30.6 Å². The second-order valence-corrected chi connectivity index (χ2v) is 6.51. The van der Waals surface area contributed by atoms with Crippen LogP contribution in [0, 0.1) is 0 Å². The van der Waals surface area contributed by atoms with Gasteiger partial charge in [-0.25, -0.2) is 0 Å². The Morgan fingerprint density at radius 3 is 2.78 bits per heavy atom. The fourth-order valence-electron chi connectivity index (χ4n) is 2.33. The van der Waals surface area contributed by atoms with Crippen LogP contribution in [-0.4, -0.2) is 24.7 Å². The molecule has 1 saturated carbocycles. The number of halogens is 1. The summed E-state index contributed by atoms with van der Waals surface area (Å²) in [5.74, 6) is 0.902. The Balaban J connectivity index is 1.91. The Morgan fingerprint density at radius 2 is 2.22 bits per heavy atom. The van der Waals surface area contributed by atoms with E-state index in [0.717, 1.165) is 29.4 Å². The quantitative estimate of drug-likeness (QED) is 0.861. The SMILES string of the molecule is COc1ccc(Cl)cc1CNCC1(SC)CCC1. The lowest BCUT2D eigenvalue weighted by molar-refractivity contribution is 0.343. The summed E-state index contributed by atoms with van der Waals surface area (Å²) >= 11 is 8.01. The topological polar surface area (TPSA) is 21.3 Å². The molecular formula is C14H20ClNOS. The molecular weight excluding hydrogens is 266 g/mol. The molecule has 0 amide bonds. The number of thioether (sulfide) groups is 1. The highest BCUT2D eigenvalue weighted by Gasteiger charge is 2.35. The minimum absolute atomic E-state index is 0.464. The molecule has 0 radical (unpaired) electrons. The fourth-order valence-corrected chi connectivity index (χ4v) is 3.47. The van der Waals surface area contributed by atoms with Crippen LogP contribution in [-0.2, 0) is 6.54 Å². The molecule has 1 aromatic carbocycles. The average Bonchev–Trinajstić information content (AvgIpc) is 2.33. The second-order valence-electron chi connectivity index (χ2n) is 4.80. The van der Waals surface area contributed by atoms with Crippen molar-refractivity contribution in [3.05, 3.63) is 28.8 Å². The van der Waals surface area contributed by atoms with E-state index in [4.69, 9.17) is 16.3 Å². The molecule has 1 N–H and O–H groups in total. The highest BCUT2D eigenvalue weighted by atomic mass is 35.5. The molecule has 0 atom stereocenters. The Labute approximate surface area is 118 Å². The van der Waals surface area contributed by atoms with Crippen LogP contribution in [0.25, 0.3) is 0 Å². The number of rotatable bonds is 6. The number of benzene rings is 1. The molecule has 1 aliphatic carbocycles. The summed E-state index contributed by atoms with van der Waals surface area (Å²) in [5, 5.41) is 4.30. The van der Waals surface area contributed by atoms with Gasteiger partial charge in [0, 0.05) is 28.4 Å². The Hall–Kier alpha value is -0.380. The molecule has 0 saturated heterocycles. The number of hydrogen-bond acceptors (Lipinski definition) is 3. The summed E-state index contributed by atoms with van der Waals surface area (Å²) in [6, 6.07) is 5.76. The van der Waals surface area contributed by atoms with Crippen molar-refractivity contribution in [3.8, 4) is 5.75 Å². The minimum atomic E-state index is 0.464. The highest BCUT2D eigenvalue weighted by molar-refractivity contribution is 8.00. The summed E-state index contributed by atoms with van der Waals surface area (Å²) in [4.78, 5) is 0. The first kappa shape index (κ1) is 14.0.